The van der Waals surface area contributed by atoms with Gasteiger partial charge in [-0.2, -0.15) is 0 Å². The van der Waals surface area contributed by atoms with Crippen LogP contribution >= 0.6 is 0 Å². The number of nitrogens with zero attached hydrogens (tertiary/aromatic N) is 1. The molecular formula is C43H35N. The van der Waals surface area contributed by atoms with Crippen LogP contribution in [-0.4, -0.2) is 4.57 Å². The fourth-order valence-electron chi connectivity index (χ4n) is 7.43. The summed E-state index contributed by atoms with van der Waals surface area (Å²) >= 11 is 0. The van der Waals surface area contributed by atoms with Crippen LogP contribution in [0, 0.1) is 0 Å². The van der Waals surface area contributed by atoms with Crippen molar-refractivity contribution in [3.8, 4) is 11.1 Å². The van der Waals surface area contributed by atoms with Crippen molar-refractivity contribution >= 4 is 43.4 Å². The van der Waals surface area contributed by atoms with Crippen LogP contribution in [0.5, 0.6) is 0 Å². The molecule has 0 aliphatic carbocycles. The van der Waals surface area contributed by atoms with Crippen LogP contribution < -0.4 is 0 Å². The summed E-state index contributed by atoms with van der Waals surface area (Å²) in [5.74, 6) is 0.423. The summed E-state index contributed by atoms with van der Waals surface area (Å²) in [6.45, 7) is 0. The highest BCUT2D eigenvalue weighted by molar-refractivity contribution is 6.33. The predicted octanol–water partition coefficient (Wildman–Crippen LogP) is 11.5. The Morgan fingerprint density at radius 1 is 0.500 bits per heavy atom. The Labute approximate surface area is 259 Å². The molecular weight excluding hydrogens is 530 g/mol. The Morgan fingerprint density at radius 3 is 1.73 bits per heavy atom. The van der Waals surface area contributed by atoms with Crippen molar-refractivity contribution in [1.29, 1.82) is 0 Å². The van der Waals surface area contributed by atoms with E-state index >= 15 is 0 Å². The fourth-order valence-corrected chi connectivity index (χ4v) is 7.43. The third-order valence-electron chi connectivity index (χ3n) is 9.52. The summed E-state index contributed by atoms with van der Waals surface area (Å²) in [5.41, 5.74) is 9.36. The molecule has 0 aliphatic rings. The van der Waals surface area contributed by atoms with E-state index in [9.17, 15) is 0 Å². The zero-order chi connectivity index (χ0) is 29.5. The molecule has 0 aliphatic heterocycles. The second kappa shape index (κ2) is 11.2. The van der Waals surface area contributed by atoms with Crippen molar-refractivity contribution in [2.75, 3.05) is 0 Å². The zero-order valence-corrected chi connectivity index (χ0v) is 25.1. The molecule has 0 saturated carbocycles. The van der Waals surface area contributed by atoms with Gasteiger partial charge in [0.25, 0.3) is 0 Å². The molecule has 0 atom stereocenters. The Kier molecular flexibility index (Phi) is 6.72. The van der Waals surface area contributed by atoms with Gasteiger partial charge < -0.3 is 4.57 Å². The monoisotopic (exact) mass is 565 g/mol. The van der Waals surface area contributed by atoms with E-state index in [1.54, 1.807) is 0 Å². The Bertz CT molecular complexity index is 2200. The SMILES string of the molecule is Cn1c2cccc(-c3ccc(CCCC(c4ccccc4)c4ccccc4)cc3)c2c2c3ccccc3c3ccccc3c21. The number of hydrogen-bond donors (Lipinski definition) is 0. The quantitative estimate of drug-likeness (QED) is 0.169. The lowest BCUT2D eigenvalue weighted by Gasteiger charge is -2.18. The third kappa shape index (κ3) is 4.48. The Morgan fingerprint density at radius 2 is 1.07 bits per heavy atom. The van der Waals surface area contributed by atoms with Crippen LogP contribution in [0.1, 0.15) is 35.4 Å². The van der Waals surface area contributed by atoms with Crippen molar-refractivity contribution in [3.05, 3.63) is 168 Å². The first-order chi connectivity index (χ1) is 21.8. The normalized spacial score (nSPS) is 11.8. The maximum atomic E-state index is 2.40. The molecule has 0 spiro atoms. The van der Waals surface area contributed by atoms with Gasteiger partial charge in [0.05, 0.1) is 5.52 Å². The van der Waals surface area contributed by atoms with Crippen molar-refractivity contribution in [1.82, 2.24) is 4.57 Å². The number of aromatic nitrogens is 1. The molecule has 1 nitrogen and oxygen atoms in total. The van der Waals surface area contributed by atoms with Crippen LogP contribution in [0.25, 0.3) is 54.5 Å². The molecule has 0 fully saturated rings. The third-order valence-corrected chi connectivity index (χ3v) is 9.52. The maximum absolute atomic E-state index is 2.40. The van der Waals surface area contributed by atoms with Gasteiger partial charge in [-0.15, -0.1) is 0 Å². The molecule has 0 unspecified atom stereocenters. The molecule has 8 rings (SSSR count). The molecule has 0 saturated heterocycles. The average Bonchev–Trinajstić information content (AvgIpc) is 3.40. The summed E-state index contributed by atoms with van der Waals surface area (Å²) in [5, 5.41) is 7.96. The van der Waals surface area contributed by atoms with Gasteiger partial charge in [-0.25, -0.2) is 0 Å². The van der Waals surface area contributed by atoms with Gasteiger partial charge in [-0.1, -0.05) is 146 Å². The molecule has 212 valence electrons. The molecule has 8 aromatic rings. The number of benzene rings is 7. The lowest BCUT2D eigenvalue weighted by molar-refractivity contribution is 0.661. The number of rotatable bonds is 7. The molecule has 0 radical (unpaired) electrons. The molecule has 0 N–H and O–H groups in total. The van der Waals surface area contributed by atoms with Crippen molar-refractivity contribution in [3.63, 3.8) is 0 Å². The van der Waals surface area contributed by atoms with Gasteiger partial charge in [0, 0.05) is 34.6 Å². The fraction of sp³-hybridized carbons (Fsp3) is 0.116. The molecule has 0 amide bonds. The maximum Gasteiger partial charge on any atom is 0.0575 e. The van der Waals surface area contributed by atoms with Gasteiger partial charge in [0.15, 0.2) is 0 Å². The molecule has 7 aromatic carbocycles. The van der Waals surface area contributed by atoms with Gasteiger partial charge in [-0.3, -0.25) is 0 Å². The molecule has 1 aromatic heterocycles. The van der Waals surface area contributed by atoms with Gasteiger partial charge in [-0.05, 0) is 69.3 Å². The summed E-state index contributed by atoms with van der Waals surface area (Å²) in [6.07, 6.45) is 3.35. The summed E-state index contributed by atoms with van der Waals surface area (Å²) in [7, 11) is 2.22. The first kappa shape index (κ1) is 26.5. The summed E-state index contributed by atoms with van der Waals surface area (Å²) < 4.78 is 2.40. The Hall–Kier alpha value is -5.14. The van der Waals surface area contributed by atoms with Crippen LogP contribution in [-0.2, 0) is 13.5 Å². The summed E-state index contributed by atoms with van der Waals surface area (Å²) in [6, 6.07) is 55.8. The van der Waals surface area contributed by atoms with E-state index in [0.717, 1.165) is 19.3 Å². The number of aryl methyl sites for hydroxylation is 2. The lowest BCUT2D eigenvalue weighted by Crippen LogP contribution is -2.02. The van der Waals surface area contributed by atoms with E-state index in [4.69, 9.17) is 0 Å². The molecule has 1 heterocycles. The van der Waals surface area contributed by atoms with Crippen LogP contribution in [0.3, 0.4) is 0 Å². The van der Waals surface area contributed by atoms with E-state index in [1.165, 1.54) is 71.2 Å². The van der Waals surface area contributed by atoms with E-state index in [-0.39, 0.29) is 0 Å². The zero-order valence-electron chi connectivity index (χ0n) is 25.1. The van der Waals surface area contributed by atoms with Crippen LogP contribution in [0.4, 0.5) is 0 Å². The summed E-state index contributed by atoms with van der Waals surface area (Å²) in [4.78, 5) is 0. The second-order valence-corrected chi connectivity index (χ2v) is 12.0. The van der Waals surface area contributed by atoms with Crippen molar-refractivity contribution in [2.24, 2.45) is 7.05 Å². The van der Waals surface area contributed by atoms with Crippen LogP contribution in [0.15, 0.2) is 152 Å². The minimum absolute atomic E-state index is 0.423. The lowest BCUT2D eigenvalue weighted by atomic mass is 9.86. The highest BCUT2D eigenvalue weighted by Crippen LogP contribution is 2.43. The molecule has 1 heteroatoms. The molecule has 0 bridgehead atoms. The standard InChI is InChI=1S/C43H35N/c1-44-40-25-13-24-35(41(40)42-38-21-10-8-19-36(38)37-20-9-11-22-39(37)43(42)44)33-28-26-30(27-29-33)14-12-23-34(31-15-4-2-5-16-31)32-17-6-3-7-18-32/h2-11,13,15-22,24-29,34H,12,14,23H2,1H3. The van der Waals surface area contributed by atoms with E-state index in [0.29, 0.717) is 5.92 Å². The minimum Gasteiger partial charge on any atom is -0.343 e. The van der Waals surface area contributed by atoms with Crippen molar-refractivity contribution < 1.29 is 0 Å². The first-order valence-corrected chi connectivity index (χ1v) is 15.8. The second-order valence-electron chi connectivity index (χ2n) is 12.0. The largest absolute Gasteiger partial charge is 0.343 e. The topological polar surface area (TPSA) is 4.93 Å². The van der Waals surface area contributed by atoms with Crippen molar-refractivity contribution in [2.45, 2.75) is 25.2 Å². The number of hydrogen-bond acceptors (Lipinski definition) is 0. The van der Waals surface area contributed by atoms with Gasteiger partial charge in [0.1, 0.15) is 0 Å². The van der Waals surface area contributed by atoms with Crippen LogP contribution in [0.2, 0.25) is 0 Å². The van der Waals surface area contributed by atoms with E-state index in [1.807, 2.05) is 0 Å². The molecule has 44 heavy (non-hydrogen) atoms. The van der Waals surface area contributed by atoms with E-state index in [2.05, 4.69) is 163 Å². The highest BCUT2D eigenvalue weighted by atomic mass is 14.9. The highest BCUT2D eigenvalue weighted by Gasteiger charge is 2.19. The van der Waals surface area contributed by atoms with Gasteiger partial charge >= 0.3 is 0 Å². The first-order valence-electron chi connectivity index (χ1n) is 15.8. The Balaban J connectivity index is 1.14. The smallest absolute Gasteiger partial charge is 0.0575 e. The minimum atomic E-state index is 0.423. The van der Waals surface area contributed by atoms with Gasteiger partial charge in [0.2, 0.25) is 0 Å². The average molecular weight is 566 g/mol. The van der Waals surface area contributed by atoms with E-state index < -0.39 is 0 Å². The predicted molar refractivity (Wildman–Crippen MR) is 189 cm³/mol. The number of fused-ring (bicyclic) bond motifs is 8.